The predicted octanol–water partition coefficient (Wildman–Crippen LogP) is 4.56. The maximum absolute atomic E-state index is 13.1. The van der Waals surface area contributed by atoms with Crippen LogP contribution >= 0.6 is 23.1 Å². The van der Waals surface area contributed by atoms with Gasteiger partial charge in [0.05, 0.1) is 10.3 Å². The molecule has 2 heterocycles. The highest BCUT2D eigenvalue weighted by Gasteiger charge is 2.23. The molecule has 1 aromatic carbocycles. The zero-order chi connectivity index (χ0) is 19.0. The van der Waals surface area contributed by atoms with Gasteiger partial charge in [-0.25, -0.2) is 4.98 Å². The normalized spacial score (nSPS) is 13.2. The molecule has 0 bridgehead atoms. The van der Waals surface area contributed by atoms with Crippen LogP contribution in [0.15, 0.2) is 34.2 Å². The molecule has 0 N–H and O–H groups in total. The van der Waals surface area contributed by atoms with Gasteiger partial charge in [-0.15, -0.1) is 11.3 Å². The molecule has 2 aromatic heterocycles. The fourth-order valence-electron chi connectivity index (χ4n) is 3.45. The average molecular weight is 402 g/mol. The quantitative estimate of drug-likeness (QED) is 0.262. The third kappa shape index (κ3) is 3.39. The van der Waals surface area contributed by atoms with E-state index >= 15 is 0 Å². The first-order valence-corrected chi connectivity index (χ1v) is 10.8. The number of hydrogen-bond donors (Lipinski definition) is 0. The van der Waals surface area contributed by atoms with Crippen molar-refractivity contribution in [3.63, 3.8) is 0 Å². The minimum atomic E-state index is -0.401. The first-order chi connectivity index (χ1) is 13.1. The lowest BCUT2D eigenvalue weighted by Gasteiger charge is -2.11. The number of fused-ring (bicyclic) bond motifs is 3. The summed E-state index contributed by atoms with van der Waals surface area (Å²) in [7, 11) is 0. The van der Waals surface area contributed by atoms with Crippen molar-refractivity contribution in [3.8, 4) is 0 Å². The molecule has 0 unspecified atom stereocenters. The Balaban J connectivity index is 1.67. The maximum Gasteiger partial charge on any atom is 0.269 e. The number of benzene rings is 1. The van der Waals surface area contributed by atoms with Crippen molar-refractivity contribution in [2.24, 2.45) is 0 Å². The Bertz CT molecular complexity index is 1070. The number of hydrogen-bond acceptors (Lipinski definition) is 6. The summed E-state index contributed by atoms with van der Waals surface area (Å²) in [4.78, 5) is 30.5. The highest BCUT2D eigenvalue weighted by Crippen LogP contribution is 2.36. The second kappa shape index (κ2) is 7.44. The molecule has 0 fully saturated rings. The van der Waals surface area contributed by atoms with Crippen molar-refractivity contribution >= 4 is 39.0 Å². The van der Waals surface area contributed by atoms with E-state index in [1.165, 1.54) is 34.3 Å². The third-order valence-corrected chi connectivity index (χ3v) is 6.99. The van der Waals surface area contributed by atoms with Gasteiger partial charge in [0.2, 0.25) is 0 Å². The van der Waals surface area contributed by atoms with Crippen LogP contribution in [-0.2, 0) is 25.1 Å². The first kappa shape index (κ1) is 18.2. The standard InChI is InChI=1S/C19H19N3O3S2/c1-2-10-21-18(23)16-14-4-3-5-15(14)27-17(16)20-19(21)26-11-12-6-8-13(9-7-12)22(24)25/h6-9H,2-5,10-11H2,1H3. The predicted molar refractivity (Wildman–Crippen MR) is 109 cm³/mol. The number of thioether (sulfide) groups is 1. The number of non-ortho nitro benzene ring substituents is 1. The minimum absolute atomic E-state index is 0.0763. The van der Waals surface area contributed by atoms with Crippen molar-refractivity contribution in [1.29, 1.82) is 0 Å². The molecule has 140 valence electrons. The SMILES string of the molecule is CCCn1c(SCc2ccc([N+](=O)[O-])cc2)nc2sc3c(c2c1=O)CCC3. The highest BCUT2D eigenvalue weighted by atomic mass is 32.2. The smallest absolute Gasteiger partial charge is 0.269 e. The fraction of sp³-hybridized carbons (Fsp3) is 0.368. The molecular weight excluding hydrogens is 382 g/mol. The van der Waals surface area contributed by atoms with E-state index in [0.29, 0.717) is 12.3 Å². The lowest BCUT2D eigenvalue weighted by Crippen LogP contribution is -2.23. The molecule has 0 spiro atoms. The summed E-state index contributed by atoms with van der Waals surface area (Å²) in [5.74, 6) is 0.616. The highest BCUT2D eigenvalue weighted by molar-refractivity contribution is 7.98. The van der Waals surface area contributed by atoms with Gasteiger partial charge in [-0.3, -0.25) is 19.5 Å². The van der Waals surface area contributed by atoms with Crippen molar-refractivity contribution in [2.75, 3.05) is 0 Å². The molecule has 3 aromatic rings. The van der Waals surface area contributed by atoms with Gasteiger partial charge in [-0.2, -0.15) is 0 Å². The van der Waals surface area contributed by atoms with Gasteiger partial charge in [0.1, 0.15) is 4.83 Å². The Morgan fingerprint density at radius 1 is 1.30 bits per heavy atom. The number of nitro benzene ring substituents is 1. The van der Waals surface area contributed by atoms with Crippen LogP contribution in [0.1, 0.15) is 35.8 Å². The zero-order valence-electron chi connectivity index (χ0n) is 14.9. The van der Waals surface area contributed by atoms with Gasteiger partial charge < -0.3 is 0 Å². The lowest BCUT2D eigenvalue weighted by atomic mass is 10.2. The van der Waals surface area contributed by atoms with E-state index in [1.807, 2.05) is 0 Å². The molecular formula is C19H19N3O3S2. The van der Waals surface area contributed by atoms with Crippen LogP contribution in [0.5, 0.6) is 0 Å². The van der Waals surface area contributed by atoms with Gasteiger partial charge in [0, 0.05) is 29.3 Å². The zero-order valence-corrected chi connectivity index (χ0v) is 16.6. The van der Waals surface area contributed by atoms with Crippen LogP contribution in [0.25, 0.3) is 10.2 Å². The summed E-state index contributed by atoms with van der Waals surface area (Å²) in [6.45, 7) is 2.70. The molecule has 0 saturated heterocycles. The van der Waals surface area contributed by atoms with E-state index in [1.54, 1.807) is 28.0 Å². The summed E-state index contributed by atoms with van der Waals surface area (Å²) in [5.41, 5.74) is 2.34. The second-order valence-electron chi connectivity index (χ2n) is 6.60. The van der Waals surface area contributed by atoms with Crippen LogP contribution in [0, 0.1) is 10.1 Å². The molecule has 0 saturated carbocycles. The van der Waals surface area contributed by atoms with Crippen LogP contribution < -0.4 is 5.56 Å². The maximum atomic E-state index is 13.1. The van der Waals surface area contributed by atoms with Gasteiger partial charge in [-0.05, 0) is 36.8 Å². The van der Waals surface area contributed by atoms with Crippen LogP contribution in [0.4, 0.5) is 5.69 Å². The monoisotopic (exact) mass is 401 g/mol. The molecule has 0 aliphatic heterocycles. The minimum Gasteiger partial charge on any atom is -0.287 e. The largest absolute Gasteiger partial charge is 0.287 e. The Hall–Kier alpha value is -2.19. The summed E-state index contributed by atoms with van der Waals surface area (Å²) in [6, 6.07) is 6.53. The molecule has 4 rings (SSSR count). The van der Waals surface area contributed by atoms with Crippen molar-refractivity contribution in [2.45, 2.75) is 50.1 Å². The number of thiophene rings is 1. The Labute approximate surface area is 164 Å². The first-order valence-electron chi connectivity index (χ1n) is 8.99. The Morgan fingerprint density at radius 2 is 2.07 bits per heavy atom. The molecule has 27 heavy (non-hydrogen) atoms. The lowest BCUT2D eigenvalue weighted by molar-refractivity contribution is -0.384. The van der Waals surface area contributed by atoms with Crippen LogP contribution in [0.3, 0.4) is 0 Å². The van der Waals surface area contributed by atoms with Gasteiger partial charge in [0.15, 0.2) is 5.16 Å². The van der Waals surface area contributed by atoms with Crippen molar-refractivity contribution in [3.05, 3.63) is 60.7 Å². The van der Waals surface area contributed by atoms with Gasteiger partial charge >= 0.3 is 0 Å². The molecule has 0 radical (unpaired) electrons. The van der Waals surface area contributed by atoms with Crippen molar-refractivity contribution in [1.82, 2.24) is 9.55 Å². The van der Waals surface area contributed by atoms with E-state index in [4.69, 9.17) is 4.98 Å². The van der Waals surface area contributed by atoms with E-state index in [-0.39, 0.29) is 11.2 Å². The third-order valence-electron chi connectivity index (χ3n) is 4.75. The summed E-state index contributed by atoms with van der Waals surface area (Å²) >= 11 is 3.17. The Morgan fingerprint density at radius 3 is 2.78 bits per heavy atom. The number of nitro groups is 1. The molecule has 0 atom stereocenters. The average Bonchev–Trinajstić information content (AvgIpc) is 3.23. The van der Waals surface area contributed by atoms with E-state index < -0.39 is 4.92 Å². The topological polar surface area (TPSA) is 78.0 Å². The summed E-state index contributed by atoms with van der Waals surface area (Å²) in [5, 5.41) is 12.3. The van der Waals surface area contributed by atoms with Crippen LogP contribution in [-0.4, -0.2) is 14.5 Å². The second-order valence-corrected chi connectivity index (χ2v) is 8.63. The van der Waals surface area contributed by atoms with E-state index in [0.717, 1.165) is 46.6 Å². The molecule has 6 nitrogen and oxygen atoms in total. The van der Waals surface area contributed by atoms with Crippen molar-refractivity contribution < 1.29 is 4.92 Å². The van der Waals surface area contributed by atoms with Gasteiger partial charge in [-0.1, -0.05) is 30.8 Å². The Kier molecular flexibility index (Phi) is 5.01. The van der Waals surface area contributed by atoms with E-state index in [2.05, 4.69) is 6.92 Å². The number of rotatable bonds is 6. The summed E-state index contributed by atoms with van der Waals surface area (Å²) in [6.07, 6.45) is 4.02. The molecule has 8 heteroatoms. The molecule has 0 amide bonds. The fourth-order valence-corrected chi connectivity index (χ4v) is 5.73. The van der Waals surface area contributed by atoms with Crippen LogP contribution in [0.2, 0.25) is 0 Å². The molecule has 1 aliphatic rings. The van der Waals surface area contributed by atoms with Gasteiger partial charge in [0.25, 0.3) is 11.2 Å². The number of nitrogens with zero attached hydrogens (tertiary/aromatic N) is 3. The molecule has 1 aliphatic carbocycles. The number of aromatic nitrogens is 2. The van der Waals surface area contributed by atoms with E-state index in [9.17, 15) is 14.9 Å². The summed E-state index contributed by atoms with van der Waals surface area (Å²) < 4.78 is 1.80. The number of aryl methyl sites for hydroxylation is 2.